The van der Waals surface area contributed by atoms with E-state index in [0.717, 1.165) is 53.5 Å². The molecule has 0 aliphatic heterocycles. The number of ether oxygens (including phenoxy) is 1. The molecule has 1 fully saturated rings. The summed E-state index contributed by atoms with van der Waals surface area (Å²) >= 11 is 3.55. The number of pyridine rings is 1. The van der Waals surface area contributed by atoms with E-state index in [-0.39, 0.29) is 12.1 Å². The van der Waals surface area contributed by atoms with Crippen LogP contribution in [0.15, 0.2) is 59.3 Å². The predicted molar refractivity (Wildman–Crippen MR) is 159 cm³/mol. The molecule has 0 bridgehead atoms. The van der Waals surface area contributed by atoms with Gasteiger partial charge in [-0.05, 0) is 86.0 Å². The third-order valence-corrected chi connectivity index (χ3v) is 7.37. The molecule has 0 spiro atoms. The van der Waals surface area contributed by atoms with Gasteiger partial charge in [-0.3, -0.25) is 4.98 Å². The van der Waals surface area contributed by atoms with E-state index in [9.17, 15) is 4.79 Å². The van der Waals surface area contributed by atoms with Crippen molar-refractivity contribution in [3.8, 4) is 11.3 Å². The van der Waals surface area contributed by atoms with Gasteiger partial charge in [-0.15, -0.1) is 0 Å². The van der Waals surface area contributed by atoms with E-state index in [0.29, 0.717) is 30.0 Å². The van der Waals surface area contributed by atoms with E-state index >= 15 is 0 Å². The molecule has 5 rings (SSSR count). The Labute approximate surface area is 242 Å². The summed E-state index contributed by atoms with van der Waals surface area (Å²) in [5.74, 6) is 1.63. The summed E-state index contributed by atoms with van der Waals surface area (Å²) in [6, 6.07) is 14.4. The first-order chi connectivity index (χ1) is 19.2. The number of hydrogen-bond donors (Lipinski definition) is 3. The Morgan fingerprint density at radius 1 is 1.05 bits per heavy atom. The second-order valence-corrected chi connectivity index (χ2v) is 12.0. The Kier molecular flexibility index (Phi) is 8.49. The second-order valence-electron chi connectivity index (χ2n) is 11.1. The number of hydrogen-bond acceptors (Lipinski definition) is 8. The van der Waals surface area contributed by atoms with E-state index < -0.39 is 5.60 Å². The quantitative estimate of drug-likeness (QED) is 0.221. The average Bonchev–Trinajstić information content (AvgIpc) is 3.31. The molecule has 3 heterocycles. The van der Waals surface area contributed by atoms with Crippen LogP contribution in [-0.4, -0.2) is 48.8 Å². The van der Waals surface area contributed by atoms with Crippen LogP contribution in [0.3, 0.4) is 0 Å². The first kappa shape index (κ1) is 27.8. The number of carbonyl (C=O) groups excluding carboxylic acids is 1. The summed E-state index contributed by atoms with van der Waals surface area (Å²) in [6.45, 7) is 6.97. The van der Waals surface area contributed by atoms with Crippen molar-refractivity contribution in [2.45, 2.75) is 64.6 Å². The lowest BCUT2D eigenvalue weighted by Crippen LogP contribution is -2.41. The molecule has 1 aliphatic rings. The van der Waals surface area contributed by atoms with E-state index in [4.69, 9.17) is 9.72 Å². The van der Waals surface area contributed by atoms with Gasteiger partial charge < -0.3 is 20.7 Å². The van der Waals surface area contributed by atoms with Crippen molar-refractivity contribution >= 4 is 39.6 Å². The van der Waals surface area contributed by atoms with Crippen molar-refractivity contribution in [3.63, 3.8) is 0 Å². The summed E-state index contributed by atoms with van der Waals surface area (Å²) in [4.78, 5) is 25.9. The third-order valence-electron chi connectivity index (χ3n) is 6.81. The number of benzene rings is 1. The molecule has 0 radical (unpaired) electrons. The van der Waals surface area contributed by atoms with Gasteiger partial charge in [-0.25, -0.2) is 4.79 Å². The van der Waals surface area contributed by atoms with Crippen LogP contribution in [0, 0.1) is 5.92 Å². The minimum atomic E-state index is -0.491. The molecule has 4 aromatic rings. The van der Waals surface area contributed by atoms with Gasteiger partial charge in [0.05, 0.1) is 16.4 Å². The maximum Gasteiger partial charge on any atom is 0.407 e. The number of alkyl carbamates (subject to hydrolysis) is 1. The van der Waals surface area contributed by atoms with Crippen LogP contribution in [0.25, 0.3) is 16.9 Å². The van der Waals surface area contributed by atoms with Crippen LogP contribution in [0.5, 0.6) is 0 Å². The molecule has 11 heteroatoms. The molecular formula is C29H35BrN8O2. The van der Waals surface area contributed by atoms with E-state index in [2.05, 4.69) is 71.2 Å². The fourth-order valence-corrected chi connectivity index (χ4v) is 5.12. The van der Waals surface area contributed by atoms with Crippen molar-refractivity contribution in [3.05, 3.63) is 64.9 Å². The van der Waals surface area contributed by atoms with Crippen LogP contribution in [0.4, 0.5) is 16.7 Å². The van der Waals surface area contributed by atoms with E-state index in [1.54, 1.807) is 16.9 Å². The Morgan fingerprint density at radius 2 is 1.82 bits per heavy atom. The Hall–Kier alpha value is -3.73. The summed E-state index contributed by atoms with van der Waals surface area (Å²) in [5.41, 5.74) is 3.34. The number of halogens is 1. The van der Waals surface area contributed by atoms with E-state index in [1.165, 1.54) is 0 Å². The van der Waals surface area contributed by atoms with Gasteiger partial charge in [0, 0.05) is 30.9 Å². The zero-order chi connectivity index (χ0) is 28.1. The molecule has 1 aromatic carbocycles. The summed E-state index contributed by atoms with van der Waals surface area (Å²) in [5, 5.41) is 14.3. The lowest BCUT2D eigenvalue weighted by Gasteiger charge is -2.30. The third kappa shape index (κ3) is 7.26. The Morgan fingerprint density at radius 3 is 2.52 bits per heavy atom. The normalized spacial score (nSPS) is 17.4. The first-order valence-corrected chi connectivity index (χ1v) is 14.4. The van der Waals surface area contributed by atoms with Crippen LogP contribution >= 0.6 is 15.9 Å². The summed E-state index contributed by atoms with van der Waals surface area (Å²) in [6.07, 6.45) is 7.04. The fourth-order valence-electron chi connectivity index (χ4n) is 4.77. The highest BCUT2D eigenvalue weighted by atomic mass is 79.9. The molecular weight excluding hydrogens is 572 g/mol. The van der Waals surface area contributed by atoms with Crippen molar-refractivity contribution in [2.24, 2.45) is 5.92 Å². The smallest absolute Gasteiger partial charge is 0.407 e. The fraction of sp³-hybridized carbons (Fsp3) is 0.414. The van der Waals surface area contributed by atoms with Crippen LogP contribution in [-0.2, 0) is 11.3 Å². The molecule has 210 valence electrons. The lowest BCUT2D eigenvalue weighted by atomic mass is 9.86. The molecule has 1 aliphatic carbocycles. The topological polar surface area (TPSA) is 118 Å². The molecule has 0 saturated heterocycles. The van der Waals surface area contributed by atoms with Gasteiger partial charge >= 0.3 is 6.09 Å². The number of anilines is 2. The van der Waals surface area contributed by atoms with Gasteiger partial charge in [-0.2, -0.15) is 19.6 Å². The SMILES string of the molecule is CC(C)(C)OC(=O)NC1CCC(CNc2nc(NCc3ccc(-c4ccccn4)cc3)n3ncc(Br)c3n2)CC1. The number of nitrogens with one attached hydrogen (secondary N) is 3. The van der Waals surface area contributed by atoms with Crippen LogP contribution in [0.2, 0.25) is 0 Å². The highest BCUT2D eigenvalue weighted by Gasteiger charge is 2.25. The van der Waals surface area contributed by atoms with Crippen molar-refractivity contribution in [1.29, 1.82) is 0 Å². The number of rotatable bonds is 8. The first-order valence-electron chi connectivity index (χ1n) is 13.6. The second kappa shape index (κ2) is 12.2. The zero-order valence-corrected chi connectivity index (χ0v) is 24.6. The van der Waals surface area contributed by atoms with Gasteiger partial charge in [0.1, 0.15) is 5.60 Å². The van der Waals surface area contributed by atoms with Crippen molar-refractivity contribution in [2.75, 3.05) is 17.2 Å². The maximum absolute atomic E-state index is 12.1. The molecule has 0 unspecified atom stereocenters. The average molecular weight is 608 g/mol. The number of carbonyl (C=O) groups is 1. The van der Waals surface area contributed by atoms with Crippen LogP contribution < -0.4 is 16.0 Å². The van der Waals surface area contributed by atoms with Gasteiger partial charge in [0.15, 0.2) is 5.65 Å². The van der Waals surface area contributed by atoms with Gasteiger partial charge in [0.2, 0.25) is 11.9 Å². The largest absolute Gasteiger partial charge is 0.444 e. The molecule has 40 heavy (non-hydrogen) atoms. The minimum Gasteiger partial charge on any atom is -0.444 e. The lowest BCUT2D eigenvalue weighted by molar-refractivity contribution is 0.0488. The van der Waals surface area contributed by atoms with Crippen LogP contribution in [0.1, 0.15) is 52.0 Å². The minimum absolute atomic E-state index is 0.148. The van der Waals surface area contributed by atoms with E-state index in [1.807, 2.05) is 39.0 Å². The van der Waals surface area contributed by atoms with Crippen molar-refractivity contribution in [1.82, 2.24) is 29.9 Å². The number of aromatic nitrogens is 5. The molecule has 3 N–H and O–H groups in total. The zero-order valence-electron chi connectivity index (χ0n) is 23.0. The predicted octanol–water partition coefficient (Wildman–Crippen LogP) is 6.06. The number of fused-ring (bicyclic) bond motifs is 1. The summed E-state index contributed by atoms with van der Waals surface area (Å²) in [7, 11) is 0. The number of nitrogens with zero attached hydrogens (tertiary/aromatic N) is 5. The monoisotopic (exact) mass is 606 g/mol. The Balaban J connectivity index is 1.18. The van der Waals surface area contributed by atoms with Gasteiger partial charge in [-0.1, -0.05) is 30.3 Å². The molecule has 0 atom stereocenters. The highest BCUT2D eigenvalue weighted by Crippen LogP contribution is 2.26. The summed E-state index contributed by atoms with van der Waals surface area (Å²) < 4.78 is 7.90. The molecule has 10 nitrogen and oxygen atoms in total. The number of amides is 1. The molecule has 3 aromatic heterocycles. The highest BCUT2D eigenvalue weighted by molar-refractivity contribution is 9.10. The van der Waals surface area contributed by atoms with Crippen molar-refractivity contribution < 1.29 is 9.53 Å². The molecule has 1 amide bonds. The molecule has 1 saturated carbocycles. The standard InChI is InChI=1S/C29H35BrN8O2/c1-29(2,3)40-28(39)35-22-13-9-20(10-14-22)16-32-26-36-25-23(30)18-34-38(25)27(37-26)33-17-19-7-11-21(12-8-19)24-6-4-5-15-31-24/h4-8,11-12,15,18,20,22H,9-10,13-14,16-17H2,1-3H3,(H,35,39)(H2,32,33,36,37). The Bertz CT molecular complexity index is 1430. The maximum atomic E-state index is 12.1. The van der Waals surface area contributed by atoms with Gasteiger partial charge in [0.25, 0.3) is 0 Å².